The number of aliphatic hydroxyl groups is 2. The molecule has 0 heterocycles. The summed E-state index contributed by atoms with van der Waals surface area (Å²) < 4.78 is 0. The van der Waals surface area contributed by atoms with Gasteiger partial charge in [0.25, 0.3) is 0 Å². The zero-order valence-electron chi connectivity index (χ0n) is 18.9. The van der Waals surface area contributed by atoms with Gasteiger partial charge in [-0.15, -0.1) is 0 Å². The fourth-order valence-electron chi connectivity index (χ4n) is 3.32. The van der Waals surface area contributed by atoms with E-state index < -0.39 is 12.1 Å². The van der Waals surface area contributed by atoms with Crippen LogP contribution < -0.4 is 5.32 Å². The van der Waals surface area contributed by atoms with Gasteiger partial charge in [-0.3, -0.25) is 4.79 Å². The van der Waals surface area contributed by atoms with Gasteiger partial charge >= 0.3 is 0 Å². The molecule has 0 spiro atoms. The third-order valence-corrected chi connectivity index (χ3v) is 6.21. The van der Waals surface area contributed by atoms with Gasteiger partial charge < -0.3 is 15.5 Å². The number of allylic oxidation sites excluding steroid dienone is 1. The summed E-state index contributed by atoms with van der Waals surface area (Å²) in [4.78, 5) is 11.8. The maximum absolute atomic E-state index is 12.1. The van der Waals surface area contributed by atoms with Crippen LogP contribution in [0.15, 0.2) is 12.2 Å². The van der Waals surface area contributed by atoms with Crippen LogP contribution in [-0.4, -0.2) is 39.7 Å². The monoisotopic (exact) mass is 475 g/mol. The summed E-state index contributed by atoms with van der Waals surface area (Å²) in [6.45, 7) is 4.06. The van der Waals surface area contributed by atoms with Crippen molar-refractivity contribution in [1.29, 1.82) is 0 Å². The van der Waals surface area contributed by atoms with Gasteiger partial charge in [0.15, 0.2) is 0 Å². The number of hydrogen-bond donors (Lipinski definition) is 3. The Hall–Kier alpha value is -0.390. The predicted molar refractivity (Wildman–Crippen MR) is 127 cm³/mol. The normalized spacial score (nSPS) is 14.8. The third-order valence-electron chi connectivity index (χ3n) is 5.34. The summed E-state index contributed by atoms with van der Waals surface area (Å²) in [7, 11) is 0. The first-order valence-corrected chi connectivity index (χ1v) is 12.9. The molecule has 3 N–H and O–H groups in total. The van der Waals surface area contributed by atoms with E-state index in [2.05, 4.69) is 35.1 Å². The van der Waals surface area contributed by atoms with Crippen LogP contribution in [0.5, 0.6) is 0 Å². The number of carbonyl (C=O) groups is 1. The first-order chi connectivity index (χ1) is 14.1. The van der Waals surface area contributed by atoms with Gasteiger partial charge in [0.1, 0.15) is 0 Å². The van der Waals surface area contributed by atoms with Crippen LogP contribution in [0.3, 0.4) is 0 Å². The minimum absolute atomic E-state index is 0.171. The zero-order chi connectivity index (χ0) is 21.7. The van der Waals surface area contributed by atoms with Crippen molar-refractivity contribution in [2.24, 2.45) is 0 Å². The fourth-order valence-corrected chi connectivity index (χ4v) is 3.78. The van der Waals surface area contributed by atoms with Crippen molar-refractivity contribution in [3.63, 3.8) is 0 Å². The Labute approximate surface area is 188 Å². The molecule has 0 aliphatic carbocycles. The summed E-state index contributed by atoms with van der Waals surface area (Å²) in [5, 5.41) is 22.4. The molecule has 0 aromatic rings. The number of unbranched alkanes of at least 4 members (excludes halogenated alkanes) is 12. The van der Waals surface area contributed by atoms with E-state index in [1.54, 1.807) is 6.08 Å². The number of halogens is 1. The van der Waals surface area contributed by atoms with Crippen molar-refractivity contribution >= 4 is 21.8 Å². The quantitative estimate of drug-likeness (QED) is 0.114. The van der Waals surface area contributed by atoms with Crippen LogP contribution in [-0.2, 0) is 4.79 Å². The van der Waals surface area contributed by atoms with Crippen molar-refractivity contribution in [2.75, 3.05) is 6.61 Å². The van der Waals surface area contributed by atoms with Crippen molar-refractivity contribution in [2.45, 2.75) is 127 Å². The lowest BCUT2D eigenvalue weighted by Gasteiger charge is -2.21. The number of alkyl halides is 1. The van der Waals surface area contributed by atoms with Gasteiger partial charge in [-0.25, -0.2) is 0 Å². The molecule has 4 nitrogen and oxygen atoms in total. The Balaban J connectivity index is 3.78. The van der Waals surface area contributed by atoms with Gasteiger partial charge in [0.2, 0.25) is 5.91 Å². The van der Waals surface area contributed by atoms with E-state index in [9.17, 15) is 15.0 Å². The highest BCUT2D eigenvalue weighted by atomic mass is 79.9. The molecular weight excluding hydrogens is 430 g/mol. The fraction of sp³-hybridized carbons (Fsp3) is 0.875. The molecule has 29 heavy (non-hydrogen) atoms. The minimum atomic E-state index is -0.859. The van der Waals surface area contributed by atoms with E-state index >= 15 is 0 Å². The van der Waals surface area contributed by atoms with Gasteiger partial charge in [-0.1, -0.05) is 119 Å². The molecule has 0 aliphatic heterocycles. The number of hydrogen-bond acceptors (Lipinski definition) is 3. The molecule has 5 heteroatoms. The molecule has 0 aliphatic rings. The SMILES string of the molecule is CCCCCCCCCCCCC/C=C/[C@@H](O)C(CO)NC(=O)C(Br)CCCC. The third kappa shape index (κ3) is 17.0. The summed E-state index contributed by atoms with van der Waals surface area (Å²) in [5.41, 5.74) is 0. The lowest BCUT2D eigenvalue weighted by molar-refractivity contribution is -0.122. The molecule has 0 rings (SSSR count). The van der Waals surface area contributed by atoms with Gasteiger partial charge in [0.05, 0.1) is 23.6 Å². The highest BCUT2D eigenvalue weighted by molar-refractivity contribution is 9.10. The molecule has 0 fully saturated rings. The zero-order valence-corrected chi connectivity index (χ0v) is 20.5. The average Bonchev–Trinajstić information content (AvgIpc) is 2.73. The molecule has 0 aromatic heterocycles. The van der Waals surface area contributed by atoms with Crippen LogP contribution in [0.2, 0.25) is 0 Å². The van der Waals surface area contributed by atoms with Crippen LogP contribution in [0, 0.1) is 0 Å². The van der Waals surface area contributed by atoms with Gasteiger partial charge in [0, 0.05) is 0 Å². The van der Waals surface area contributed by atoms with E-state index in [0.29, 0.717) is 0 Å². The van der Waals surface area contributed by atoms with Crippen LogP contribution in [0.4, 0.5) is 0 Å². The molecule has 0 aromatic carbocycles. The van der Waals surface area contributed by atoms with E-state index in [1.807, 2.05) is 6.08 Å². The molecule has 0 saturated heterocycles. The largest absolute Gasteiger partial charge is 0.394 e. The highest BCUT2D eigenvalue weighted by Gasteiger charge is 2.22. The Kier molecular flexibility index (Phi) is 20.6. The Morgan fingerprint density at radius 3 is 1.93 bits per heavy atom. The highest BCUT2D eigenvalue weighted by Crippen LogP contribution is 2.13. The van der Waals surface area contributed by atoms with Gasteiger partial charge in [-0.05, 0) is 19.3 Å². The van der Waals surface area contributed by atoms with E-state index in [4.69, 9.17) is 0 Å². The first kappa shape index (κ1) is 28.6. The smallest absolute Gasteiger partial charge is 0.234 e. The molecule has 0 bridgehead atoms. The van der Waals surface area contributed by atoms with Crippen molar-refractivity contribution in [3.05, 3.63) is 12.2 Å². The van der Waals surface area contributed by atoms with Crippen molar-refractivity contribution < 1.29 is 15.0 Å². The second-order valence-corrected chi connectivity index (χ2v) is 9.26. The number of amides is 1. The molecule has 1 amide bonds. The Morgan fingerprint density at radius 1 is 0.897 bits per heavy atom. The molecule has 2 unspecified atom stereocenters. The van der Waals surface area contributed by atoms with Crippen molar-refractivity contribution in [3.8, 4) is 0 Å². The van der Waals surface area contributed by atoms with Crippen LogP contribution >= 0.6 is 15.9 Å². The summed E-state index contributed by atoms with van der Waals surface area (Å²) in [6.07, 6.45) is 21.0. The predicted octanol–water partition coefficient (Wildman–Crippen LogP) is 6.04. The molecule has 172 valence electrons. The van der Waals surface area contributed by atoms with Crippen LogP contribution in [0.1, 0.15) is 110 Å². The first-order valence-electron chi connectivity index (χ1n) is 12.0. The number of nitrogens with one attached hydrogen (secondary N) is 1. The second kappa shape index (κ2) is 20.9. The van der Waals surface area contributed by atoms with Crippen molar-refractivity contribution in [1.82, 2.24) is 5.32 Å². The maximum Gasteiger partial charge on any atom is 0.234 e. The van der Waals surface area contributed by atoms with Crippen LogP contribution in [0.25, 0.3) is 0 Å². The second-order valence-electron chi connectivity index (χ2n) is 8.15. The topological polar surface area (TPSA) is 69.6 Å². The number of carbonyl (C=O) groups excluding carboxylic acids is 1. The molecule has 0 saturated carbocycles. The summed E-state index contributed by atoms with van der Waals surface area (Å²) in [5.74, 6) is -0.171. The lowest BCUT2D eigenvalue weighted by atomic mass is 10.0. The lowest BCUT2D eigenvalue weighted by Crippen LogP contribution is -2.47. The molecule has 3 atom stereocenters. The molecule has 0 radical (unpaired) electrons. The summed E-state index contributed by atoms with van der Waals surface area (Å²) >= 11 is 3.38. The minimum Gasteiger partial charge on any atom is -0.394 e. The maximum atomic E-state index is 12.1. The van der Waals surface area contributed by atoms with E-state index in [0.717, 1.165) is 32.1 Å². The van der Waals surface area contributed by atoms with E-state index in [-0.39, 0.29) is 17.3 Å². The standard InChI is InChI=1S/C24H46BrNO3/c1-3-5-7-8-9-10-11-12-13-14-15-16-17-19-23(28)22(20-27)26-24(29)21(25)18-6-4-2/h17,19,21-23,27-28H,3-16,18,20H2,1-2H3,(H,26,29)/b19-17+/t21?,22?,23-/m1/s1. The number of rotatable bonds is 20. The summed E-state index contributed by atoms with van der Waals surface area (Å²) in [6, 6.07) is -0.655. The Bertz CT molecular complexity index is 404. The van der Waals surface area contributed by atoms with Gasteiger partial charge in [-0.2, -0.15) is 0 Å². The average molecular weight is 477 g/mol. The number of aliphatic hydroxyl groups excluding tert-OH is 2. The molecular formula is C24H46BrNO3. The van der Waals surface area contributed by atoms with E-state index in [1.165, 1.54) is 64.2 Å². The Morgan fingerprint density at radius 2 is 1.41 bits per heavy atom.